The first-order chi connectivity index (χ1) is 8.06. The van der Waals surface area contributed by atoms with Gasteiger partial charge in [-0.15, -0.1) is 0 Å². The Hall–Kier alpha value is -0.0700. The van der Waals surface area contributed by atoms with Gasteiger partial charge in [0.2, 0.25) is 0 Å². The fraction of sp³-hybridized carbons (Fsp3) is 0.300. The van der Waals surface area contributed by atoms with Gasteiger partial charge in [-0.1, -0.05) is 23.2 Å². The van der Waals surface area contributed by atoms with Gasteiger partial charge in [0.05, 0.1) is 22.3 Å². The molecule has 3 nitrogen and oxygen atoms in total. The van der Waals surface area contributed by atoms with E-state index in [0.717, 1.165) is 4.47 Å². The zero-order valence-electron chi connectivity index (χ0n) is 9.02. The minimum atomic E-state index is 0.428. The highest BCUT2D eigenvalue weighted by atomic mass is 79.9. The number of hydrogen-bond donors (Lipinski definition) is 2. The molecule has 0 aliphatic carbocycles. The molecule has 0 aromatic heterocycles. The van der Waals surface area contributed by atoms with Crippen LogP contribution in [0.15, 0.2) is 16.6 Å². The lowest BCUT2D eigenvalue weighted by molar-refractivity contribution is 0.204. The number of ether oxygens (including phenoxy) is 1. The highest BCUT2D eigenvalue weighted by Crippen LogP contribution is 2.35. The molecule has 0 spiro atoms. The van der Waals surface area contributed by atoms with Gasteiger partial charge < -0.3 is 15.4 Å². The summed E-state index contributed by atoms with van der Waals surface area (Å²) in [5.74, 6) is 0. The van der Waals surface area contributed by atoms with E-state index >= 15 is 0 Å². The lowest BCUT2D eigenvalue weighted by atomic mass is 10.3. The Bertz CT molecular complexity index is 418. The van der Waals surface area contributed by atoms with E-state index in [4.69, 9.17) is 40.2 Å². The molecule has 0 saturated heterocycles. The summed E-state index contributed by atoms with van der Waals surface area (Å²) >= 11 is 20.4. The Kier molecular flexibility index (Phi) is 6.51. The van der Waals surface area contributed by atoms with Crippen LogP contribution in [0.1, 0.15) is 0 Å². The third kappa shape index (κ3) is 4.60. The second-order valence-corrected chi connectivity index (χ2v) is 5.12. The zero-order chi connectivity index (χ0) is 12.8. The number of hydrogen-bond acceptors (Lipinski definition) is 2. The number of benzene rings is 1. The van der Waals surface area contributed by atoms with E-state index in [1.807, 2.05) is 0 Å². The van der Waals surface area contributed by atoms with E-state index in [1.165, 1.54) is 0 Å². The summed E-state index contributed by atoms with van der Waals surface area (Å²) in [5, 5.41) is 7.30. The predicted molar refractivity (Wildman–Crippen MR) is 80.3 cm³/mol. The monoisotopic (exact) mass is 356 g/mol. The highest BCUT2D eigenvalue weighted by Gasteiger charge is 2.09. The Morgan fingerprint density at radius 1 is 1.41 bits per heavy atom. The summed E-state index contributed by atoms with van der Waals surface area (Å²) in [6, 6.07) is 3.59. The standard InChI is InChI=1S/C10H11BrCl2N2OS/c1-16-5-4-14-10(17)15-7-3-2-6(11)8(12)9(7)13/h2-3H,4-5H2,1H3,(H2,14,15,17). The number of rotatable bonds is 4. The van der Waals surface area contributed by atoms with Crippen LogP contribution in [0.2, 0.25) is 10.0 Å². The van der Waals surface area contributed by atoms with Crippen molar-refractivity contribution in [1.82, 2.24) is 5.32 Å². The molecular formula is C10H11BrCl2N2OS. The summed E-state index contributed by atoms with van der Waals surface area (Å²) in [5.41, 5.74) is 0.662. The topological polar surface area (TPSA) is 33.3 Å². The van der Waals surface area contributed by atoms with Crippen molar-refractivity contribution >= 4 is 62.1 Å². The molecule has 2 N–H and O–H groups in total. The molecule has 0 atom stereocenters. The van der Waals surface area contributed by atoms with Gasteiger partial charge in [0.1, 0.15) is 0 Å². The van der Waals surface area contributed by atoms with Crippen LogP contribution in [0.25, 0.3) is 0 Å². The van der Waals surface area contributed by atoms with Crippen molar-refractivity contribution in [1.29, 1.82) is 0 Å². The number of thiocarbonyl (C=S) groups is 1. The molecule has 0 amide bonds. The maximum atomic E-state index is 6.07. The van der Waals surface area contributed by atoms with Crippen LogP contribution in [0, 0.1) is 0 Å². The largest absolute Gasteiger partial charge is 0.383 e. The number of methoxy groups -OCH3 is 1. The molecule has 1 rings (SSSR count). The maximum Gasteiger partial charge on any atom is 0.170 e. The predicted octanol–water partition coefficient (Wildman–Crippen LogP) is 3.69. The fourth-order valence-corrected chi connectivity index (χ4v) is 2.09. The maximum absolute atomic E-state index is 6.07. The molecule has 1 aromatic rings. The van der Waals surface area contributed by atoms with E-state index in [9.17, 15) is 0 Å². The van der Waals surface area contributed by atoms with Crippen LogP contribution in [0.3, 0.4) is 0 Å². The zero-order valence-corrected chi connectivity index (χ0v) is 12.9. The lowest BCUT2D eigenvalue weighted by Crippen LogP contribution is -2.31. The first-order valence-corrected chi connectivity index (χ1v) is 6.69. The van der Waals surface area contributed by atoms with Crippen LogP contribution in [0.4, 0.5) is 5.69 Å². The molecule has 0 unspecified atom stereocenters. The Labute approximate surface area is 124 Å². The number of anilines is 1. The lowest BCUT2D eigenvalue weighted by Gasteiger charge is -2.12. The van der Waals surface area contributed by atoms with Gasteiger partial charge in [-0.2, -0.15) is 0 Å². The summed E-state index contributed by atoms with van der Waals surface area (Å²) in [6.45, 7) is 1.21. The third-order valence-corrected chi connectivity index (χ3v) is 3.89. The van der Waals surface area contributed by atoms with Crippen molar-refractivity contribution in [3.63, 3.8) is 0 Å². The molecule has 0 saturated carbocycles. The molecule has 0 heterocycles. The van der Waals surface area contributed by atoms with Crippen molar-refractivity contribution < 1.29 is 4.74 Å². The van der Waals surface area contributed by atoms with Crippen molar-refractivity contribution in [2.45, 2.75) is 0 Å². The van der Waals surface area contributed by atoms with Crippen LogP contribution in [-0.4, -0.2) is 25.4 Å². The number of nitrogens with one attached hydrogen (secondary N) is 2. The highest BCUT2D eigenvalue weighted by molar-refractivity contribution is 9.10. The van der Waals surface area contributed by atoms with Crippen molar-refractivity contribution in [3.8, 4) is 0 Å². The van der Waals surface area contributed by atoms with E-state index < -0.39 is 0 Å². The van der Waals surface area contributed by atoms with Crippen LogP contribution < -0.4 is 10.6 Å². The smallest absolute Gasteiger partial charge is 0.170 e. The van der Waals surface area contributed by atoms with Gasteiger partial charge in [-0.3, -0.25) is 0 Å². The van der Waals surface area contributed by atoms with E-state index in [-0.39, 0.29) is 0 Å². The SMILES string of the molecule is COCCNC(=S)Nc1ccc(Br)c(Cl)c1Cl. The molecule has 0 bridgehead atoms. The molecule has 0 aliphatic heterocycles. The average molecular weight is 358 g/mol. The summed E-state index contributed by atoms with van der Waals surface area (Å²) < 4.78 is 5.64. The van der Waals surface area contributed by atoms with E-state index in [1.54, 1.807) is 19.2 Å². The van der Waals surface area contributed by atoms with Crippen LogP contribution >= 0.6 is 51.3 Å². The van der Waals surface area contributed by atoms with Gasteiger partial charge in [-0.05, 0) is 40.3 Å². The molecule has 17 heavy (non-hydrogen) atoms. The molecule has 0 fully saturated rings. The number of halogens is 3. The van der Waals surface area contributed by atoms with Crippen molar-refractivity contribution in [3.05, 3.63) is 26.7 Å². The first-order valence-electron chi connectivity index (χ1n) is 4.73. The quantitative estimate of drug-likeness (QED) is 0.489. The van der Waals surface area contributed by atoms with Gasteiger partial charge >= 0.3 is 0 Å². The van der Waals surface area contributed by atoms with Crippen LogP contribution in [0.5, 0.6) is 0 Å². The van der Waals surface area contributed by atoms with Gasteiger partial charge in [0.25, 0.3) is 0 Å². The van der Waals surface area contributed by atoms with E-state index in [2.05, 4.69) is 26.6 Å². The molecule has 7 heteroatoms. The van der Waals surface area contributed by atoms with Gasteiger partial charge in [0, 0.05) is 18.1 Å². The summed E-state index contributed by atoms with van der Waals surface area (Å²) in [7, 11) is 1.63. The molecule has 0 aliphatic rings. The minimum Gasteiger partial charge on any atom is -0.383 e. The van der Waals surface area contributed by atoms with Gasteiger partial charge in [0.15, 0.2) is 5.11 Å². The second kappa shape index (κ2) is 7.38. The minimum absolute atomic E-state index is 0.428. The third-order valence-electron chi connectivity index (χ3n) is 1.88. The molecule has 0 radical (unpaired) electrons. The summed E-state index contributed by atoms with van der Waals surface area (Å²) in [4.78, 5) is 0. The Balaban J connectivity index is 2.63. The summed E-state index contributed by atoms with van der Waals surface area (Å²) in [6.07, 6.45) is 0. The molecule has 1 aromatic carbocycles. The van der Waals surface area contributed by atoms with Crippen LogP contribution in [-0.2, 0) is 4.74 Å². The molecule has 94 valence electrons. The average Bonchev–Trinajstić information content (AvgIpc) is 2.30. The second-order valence-electron chi connectivity index (χ2n) is 3.10. The molecular weight excluding hydrogens is 347 g/mol. The van der Waals surface area contributed by atoms with Crippen molar-refractivity contribution in [2.24, 2.45) is 0 Å². The van der Waals surface area contributed by atoms with E-state index in [0.29, 0.717) is 34.0 Å². The van der Waals surface area contributed by atoms with Gasteiger partial charge in [-0.25, -0.2) is 0 Å². The first kappa shape index (κ1) is 15.0. The normalized spacial score (nSPS) is 10.1. The van der Waals surface area contributed by atoms with Crippen molar-refractivity contribution in [2.75, 3.05) is 25.6 Å². The Morgan fingerprint density at radius 2 is 2.12 bits per heavy atom. The fourth-order valence-electron chi connectivity index (χ4n) is 1.06. The Morgan fingerprint density at radius 3 is 2.76 bits per heavy atom.